The molecule has 22 heavy (non-hydrogen) atoms. The largest absolute Gasteiger partial charge is 0.497 e. The Morgan fingerprint density at radius 1 is 1.32 bits per heavy atom. The van der Waals surface area contributed by atoms with Crippen molar-refractivity contribution in [2.24, 2.45) is 0 Å². The van der Waals surface area contributed by atoms with Crippen molar-refractivity contribution in [3.05, 3.63) is 66.5 Å². The number of nitrogens with one attached hydrogen (secondary N) is 2. The molecule has 0 fully saturated rings. The second-order valence-corrected chi connectivity index (χ2v) is 4.63. The van der Waals surface area contributed by atoms with E-state index in [0.29, 0.717) is 18.8 Å². The maximum atomic E-state index is 11.8. The van der Waals surface area contributed by atoms with Gasteiger partial charge in [0.2, 0.25) is 0 Å². The van der Waals surface area contributed by atoms with Gasteiger partial charge >= 0.3 is 0 Å². The van der Waals surface area contributed by atoms with Gasteiger partial charge in [0.25, 0.3) is 5.91 Å². The van der Waals surface area contributed by atoms with E-state index in [-0.39, 0.29) is 5.91 Å². The van der Waals surface area contributed by atoms with Gasteiger partial charge in [-0.1, -0.05) is 18.2 Å². The van der Waals surface area contributed by atoms with E-state index in [1.807, 2.05) is 30.3 Å². The highest BCUT2D eigenvalue weighted by Gasteiger charge is 2.06. The Hall–Kier alpha value is -2.82. The summed E-state index contributed by atoms with van der Waals surface area (Å²) >= 11 is 0. The van der Waals surface area contributed by atoms with Crippen LogP contribution >= 0.6 is 0 Å². The highest BCUT2D eigenvalue weighted by atomic mass is 16.5. The van der Waals surface area contributed by atoms with E-state index >= 15 is 0 Å². The minimum Gasteiger partial charge on any atom is -0.497 e. The zero-order valence-electron chi connectivity index (χ0n) is 12.5. The first-order chi connectivity index (χ1) is 10.7. The van der Waals surface area contributed by atoms with Gasteiger partial charge in [-0.3, -0.25) is 9.78 Å². The summed E-state index contributed by atoms with van der Waals surface area (Å²) in [6, 6.07) is 11.4. The number of hydrogen-bond acceptors (Lipinski definition) is 4. The summed E-state index contributed by atoms with van der Waals surface area (Å²) in [4.78, 5) is 15.9. The van der Waals surface area contributed by atoms with E-state index in [1.165, 1.54) is 0 Å². The SMILES string of the molecule is C=CCNC(=O)c1cc(NCc2ccc(OC)cc2)ccn1. The van der Waals surface area contributed by atoms with Crippen LogP contribution in [-0.2, 0) is 6.54 Å². The van der Waals surface area contributed by atoms with Crippen LogP contribution < -0.4 is 15.4 Å². The van der Waals surface area contributed by atoms with Crippen LogP contribution in [0, 0.1) is 0 Å². The van der Waals surface area contributed by atoms with Gasteiger partial charge in [0, 0.05) is 25.0 Å². The van der Waals surface area contributed by atoms with Gasteiger partial charge in [-0.05, 0) is 29.8 Å². The van der Waals surface area contributed by atoms with E-state index in [9.17, 15) is 4.79 Å². The molecule has 1 heterocycles. The van der Waals surface area contributed by atoms with Crippen molar-refractivity contribution in [1.29, 1.82) is 0 Å². The van der Waals surface area contributed by atoms with E-state index in [0.717, 1.165) is 17.0 Å². The van der Waals surface area contributed by atoms with E-state index in [1.54, 1.807) is 25.4 Å². The van der Waals surface area contributed by atoms with Crippen LogP contribution in [0.15, 0.2) is 55.3 Å². The van der Waals surface area contributed by atoms with Crippen LogP contribution in [0.2, 0.25) is 0 Å². The predicted molar refractivity (Wildman–Crippen MR) is 87.1 cm³/mol. The fraction of sp³-hybridized carbons (Fsp3) is 0.176. The standard InChI is InChI=1S/C17H19N3O2/c1-3-9-19-17(21)16-11-14(8-10-18-16)20-12-13-4-6-15(22-2)7-5-13/h3-8,10-11H,1,9,12H2,2H3,(H,18,20)(H,19,21). The molecular formula is C17H19N3O2. The fourth-order valence-electron chi connectivity index (χ4n) is 1.87. The van der Waals surface area contributed by atoms with E-state index in [4.69, 9.17) is 4.74 Å². The van der Waals surface area contributed by atoms with E-state index in [2.05, 4.69) is 22.2 Å². The number of pyridine rings is 1. The molecular weight excluding hydrogens is 278 g/mol. The monoisotopic (exact) mass is 297 g/mol. The summed E-state index contributed by atoms with van der Waals surface area (Å²) in [5.41, 5.74) is 2.34. The molecule has 0 unspecified atom stereocenters. The molecule has 0 atom stereocenters. The number of aromatic nitrogens is 1. The smallest absolute Gasteiger partial charge is 0.270 e. The summed E-state index contributed by atoms with van der Waals surface area (Å²) < 4.78 is 5.13. The molecule has 0 aliphatic rings. The molecule has 0 saturated heterocycles. The molecule has 0 spiro atoms. The number of rotatable bonds is 7. The van der Waals surface area contributed by atoms with Crippen molar-refractivity contribution < 1.29 is 9.53 Å². The van der Waals surface area contributed by atoms with Crippen molar-refractivity contribution in [3.8, 4) is 5.75 Å². The number of amides is 1. The quantitative estimate of drug-likeness (QED) is 0.771. The van der Waals surface area contributed by atoms with Crippen LogP contribution in [0.25, 0.3) is 0 Å². The minimum absolute atomic E-state index is 0.215. The first kappa shape index (κ1) is 15.6. The third-order valence-corrected chi connectivity index (χ3v) is 3.06. The van der Waals surface area contributed by atoms with Gasteiger partial charge in [0.1, 0.15) is 11.4 Å². The van der Waals surface area contributed by atoms with E-state index < -0.39 is 0 Å². The second-order valence-electron chi connectivity index (χ2n) is 4.63. The summed E-state index contributed by atoms with van der Waals surface area (Å²) in [7, 11) is 1.64. The van der Waals surface area contributed by atoms with Crippen LogP contribution in [0.3, 0.4) is 0 Å². The second kappa shape index (κ2) is 7.83. The Labute approximate surface area is 130 Å². The predicted octanol–water partition coefficient (Wildman–Crippen LogP) is 2.62. The number of carbonyl (C=O) groups is 1. The number of ether oxygens (including phenoxy) is 1. The van der Waals surface area contributed by atoms with Gasteiger partial charge in [-0.2, -0.15) is 0 Å². The number of carbonyl (C=O) groups excluding carboxylic acids is 1. The van der Waals surface area contributed by atoms with Crippen molar-refractivity contribution >= 4 is 11.6 Å². The van der Waals surface area contributed by atoms with Crippen molar-refractivity contribution in [2.45, 2.75) is 6.54 Å². The maximum Gasteiger partial charge on any atom is 0.270 e. The lowest BCUT2D eigenvalue weighted by Crippen LogP contribution is -2.24. The van der Waals surface area contributed by atoms with Gasteiger partial charge < -0.3 is 15.4 Å². The lowest BCUT2D eigenvalue weighted by molar-refractivity contribution is 0.0953. The summed E-state index contributed by atoms with van der Waals surface area (Å²) in [5.74, 6) is 0.613. The number of nitrogens with zero attached hydrogens (tertiary/aromatic N) is 1. The van der Waals surface area contributed by atoms with Crippen molar-refractivity contribution in [1.82, 2.24) is 10.3 Å². The molecule has 2 N–H and O–H groups in total. The van der Waals surface area contributed by atoms with Crippen LogP contribution in [-0.4, -0.2) is 24.5 Å². The number of anilines is 1. The van der Waals surface area contributed by atoms with Gasteiger partial charge in [-0.25, -0.2) is 0 Å². The van der Waals surface area contributed by atoms with Crippen molar-refractivity contribution in [2.75, 3.05) is 19.0 Å². The zero-order chi connectivity index (χ0) is 15.8. The Morgan fingerprint density at radius 2 is 2.09 bits per heavy atom. The highest BCUT2D eigenvalue weighted by Crippen LogP contribution is 2.14. The molecule has 2 rings (SSSR count). The Bertz CT molecular complexity index is 639. The van der Waals surface area contributed by atoms with Crippen LogP contribution in [0.4, 0.5) is 5.69 Å². The Balaban J connectivity index is 1.97. The highest BCUT2D eigenvalue weighted by molar-refractivity contribution is 5.93. The van der Waals surface area contributed by atoms with Crippen LogP contribution in [0.1, 0.15) is 16.1 Å². The molecule has 0 radical (unpaired) electrons. The first-order valence-electron chi connectivity index (χ1n) is 6.95. The summed E-state index contributed by atoms with van der Waals surface area (Å²) in [6.45, 7) is 4.64. The van der Waals surface area contributed by atoms with Gasteiger partial charge in [0.05, 0.1) is 7.11 Å². The summed E-state index contributed by atoms with van der Waals surface area (Å²) in [6.07, 6.45) is 3.24. The average Bonchev–Trinajstić information content (AvgIpc) is 2.58. The zero-order valence-corrected chi connectivity index (χ0v) is 12.5. The molecule has 114 valence electrons. The maximum absolute atomic E-state index is 11.8. The Morgan fingerprint density at radius 3 is 2.77 bits per heavy atom. The normalized spacial score (nSPS) is 9.86. The molecule has 5 heteroatoms. The molecule has 0 aliphatic heterocycles. The van der Waals surface area contributed by atoms with Crippen molar-refractivity contribution in [3.63, 3.8) is 0 Å². The number of methoxy groups -OCH3 is 1. The molecule has 0 aliphatic carbocycles. The van der Waals surface area contributed by atoms with Gasteiger partial charge in [-0.15, -0.1) is 6.58 Å². The number of hydrogen-bond donors (Lipinski definition) is 2. The molecule has 2 aromatic rings. The Kier molecular flexibility index (Phi) is 5.54. The molecule has 0 bridgehead atoms. The molecule has 5 nitrogen and oxygen atoms in total. The lowest BCUT2D eigenvalue weighted by atomic mass is 10.2. The topological polar surface area (TPSA) is 63.2 Å². The first-order valence-corrected chi connectivity index (χ1v) is 6.95. The summed E-state index contributed by atoms with van der Waals surface area (Å²) in [5, 5.41) is 5.97. The minimum atomic E-state index is -0.215. The molecule has 1 aromatic heterocycles. The molecule has 0 saturated carbocycles. The fourth-order valence-corrected chi connectivity index (χ4v) is 1.87. The lowest BCUT2D eigenvalue weighted by Gasteiger charge is -2.08. The van der Waals surface area contributed by atoms with Gasteiger partial charge in [0.15, 0.2) is 0 Å². The number of benzene rings is 1. The third-order valence-electron chi connectivity index (χ3n) is 3.06. The molecule has 1 aromatic carbocycles. The average molecular weight is 297 g/mol. The third kappa shape index (κ3) is 4.34. The molecule has 1 amide bonds. The van der Waals surface area contributed by atoms with Crippen LogP contribution in [0.5, 0.6) is 5.75 Å².